The Kier molecular flexibility index (Phi) is 4.33. The van der Waals surface area contributed by atoms with Gasteiger partial charge in [0.15, 0.2) is 0 Å². The van der Waals surface area contributed by atoms with Crippen LogP contribution in [0.1, 0.15) is 18.4 Å². The van der Waals surface area contributed by atoms with Crippen molar-refractivity contribution in [2.75, 3.05) is 6.61 Å². The fourth-order valence-electron chi connectivity index (χ4n) is 1.78. The van der Waals surface area contributed by atoms with E-state index in [4.69, 9.17) is 4.74 Å². The Morgan fingerprint density at radius 3 is 2.94 bits per heavy atom. The Hall–Kier alpha value is -1.61. The molecule has 2 rings (SSSR count). The van der Waals surface area contributed by atoms with Crippen molar-refractivity contribution in [3.8, 4) is 0 Å². The van der Waals surface area contributed by atoms with Gasteiger partial charge in [0.05, 0.1) is 19.3 Å². The van der Waals surface area contributed by atoms with Gasteiger partial charge in [-0.2, -0.15) is 0 Å². The molecule has 1 aromatic carbocycles. The van der Waals surface area contributed by atoms with Crippen LogP contribution in [0.25, 0.3) is 0 Å². The first-order chi connectivity index (χ1) is 8.34. The van der Waals surface area contributed by atoms with Gasteiger partial charge in [-0.15, -0.1) is 0 Å². The molecule has 1 N–H and O–H groups in total. The molecule has 0 radical (unpaired) electrons. The van der Waals surface area contributed by atoms with Crippen LogP contribution in [0.5, 0.6) is 0 Å². The second kappa shape index (κ2) is 6.21. The molecule has 0 fully saturated rings. The maximum Gasteiger partial charge on any atom is 0.220 e. The standard InChI is InChI=1S/C14H17NO2/c16-14-9-5-4-8-13(15-14)11-17-10-12-6-2-1-3-7-12/h1-4,6-8,13H,5,9-11H2,(H,15,16)/t13-/m1/s1. The minimum atomic E-state index is 0.00807. The minimum absolute atomic E-state index is 0.00807. The Morgan fingerprint density at radius 1 is 1.29 bits per heavy atom. The fraction of sp³-hybridized carbons (Fsp3) is 0.357. The second-order valence-electron chi connectivity index (χ2n) is 4.14. The molecule has 17 heavy (non-hydrogen) atoms. The minimum Gasteiger partial charge on any atom is -0.374 e. The van der Waals surface area contributed by atoms with E-state index in [1.807, 2.05) is 42.5 Å². The van der Waals surface area contributed by atoms with E-state index in [1.165, 1.54) is 0 Å². The number of nitrogens with one attached hydrogen (secondary N) is 1. The number of carbonyl (C=O) groups is 1. The lowest BCUT2D eigenvalue weighted by Gasteiger charge is -2.13. The number of allylic oxidation sites excluding steroid dienone is 1. The number of carbonyl (C=O) groups excluding carboxylic acids is 1. The van der Waals surface area contributed by atoms with Crippen molar-refractivity contribution in [1.82, 2.24) is 5.32 Å². The van der Waals surface area contributed by atoms with Crippen LogP contribution in [-0.2, 0) is 16.1 Å². The van der Waals surface area contributed by atoms with E-state index >= 15 is 0 Å². The monoisotopic (exact) mass is 231 g/mol. The summed E-state index contributed by atoms with van der Waals surface area (Å²) in [6, 6.07) is 10.0. The van der Waals surface area contributed by atoms with E-state index in [-0.39, 0.29) is 11.9 Å². The molecule has 0 saturated carbocycles. The zero-order valence-corrected chi connectivity index (χ0v) is 9.76. The summed E-state index contributed by atoms with van der Waals surface area (Å²) in [6.07, 6.45) is 5.44. The lowest BCUT2D eigenvalue weighted by Crippen LogP contribution is -2.35. The number of benzene rings is 1. The Labute approximate surface area is 101 Å². The molecule has 90 valence electrons. The highest BCUT2D eigenvalue weighted by Gasteiger charge is 2.11. The number of rotatable bonds is 4. The lowest BCUT2D eigenvalue weighted by molar-refractivity contribution is -0.121. The molecular formula is C14H17NO2. The molecule has 1 heterocycles. The third-order valence-corrected chi connectivity index (χ3v) is 2.66. The highest BCUT2D eigenvalue weighted by Crippen LogP contribution is 2.04. The Balaban J connectivity index is 1.76. The van der Waals surface area contributed by atoms with Crippen molar-refractivity contribution in [1.29, 1.82) is 0 Å². The largest absolute Gasteiger partial charge is 0.374 e. The van der Waals surface area contributed by atoms with Crippen molar-refractivity contribution < 1.29 is 9.53 Å². The molecule has 1 aliphatic heterocycles. The summed E-state index contributed by atoms with van der Waals surface area (Å²) < 4.78 is 5.60. The normalized spacial score (nSPS) is 19.8. The first kappa shape index (κ1) is 11.9. The van der Waals surface area contributed by atoms with Gasteiger partial charge in [0.1, 0.15) is 0 Å². The number of amides is 1. The summed E-state index contributed by atoms with van der Waals surface area (Å²) in [7, 11) is 0. The second-order valence-corrected chi connectivity index (χ2v) is 4.14. The van der Waals surface area contributed by atoms with Crippen molar-refractivity contribution >= 4 is 5.91 Å². The van der Waals surface area contributed by atoms with Gasteiger partial charge in [-0.25, -0.2) is 0 Å². The van der Waals surface area contributed by atoms with E-state index in [2.05, 4.69) is 5.32 Å². The van der Waals surface area contributed by atoms with Gasteiger partial charge in [-0.05, 0) is 12.0 Å². The maximum absolute atomic E-state index is 11.3. The molecule has 3 heteroatoms. The van der Waals surface area contributed by atoms with E-state index < -0.39 is 0 Å². The summed E-state index contributed by atoms with van der Waals surface area (Å²) in [5.41, 5.74) is 1.15. The first-order valence-electron chi connectivity index (χ1n) is 5.92. The van der Waals surface area contributed by atoms with Gasteiger partial charge in [0, 0.05) is 6.42 Å². The predicted molar refractivity (Wildman–Crippen MR) is 66.4 cm³/mol. The molecular weight excluding hydrogens is 214 g/mol. The van der Waals surface area contributed by atoms with E-state index in [0.29, 0.717) is 19.6 Å². The van der Waals surface area contributed by atoms with Gasteiger partial charge in [-0.1, -0.05) is 42.5 Å². The highest BCUT2D eigenvalue weighted by molar-refractivity contribution is 5.77. The van der Waals surface area contributed by atoms with E-state index in [0.717, 1.165) is 12.0 Å². The molecule has 3 nitrogen and oxygen atoms in total. The molecule has 1 amide bonds. The zero-order valence-electron chi connectivity index (χ0n) is 9.76. The van der Waals surface area contributed by atoms with Crippen LogP contribution in [0.4, 0.5) is 0 Å². The summed E-state index contributed by atoms with van der Waals surface area (Å²) >= 11 is 0. The van der Waals surface area contributed by atoms with Gasteiger partial charge in [0.2, 0.25) is 5.91 Å². The zero-order chi connectivity index (χ0) is 11.9. The van der Waals surface area contributed by atoms with Crippen molar-refractivity contribution in [2.24, 2.45) is 0 Å². The average molecular weight is 231 g/mol. The lowest BCUT2D eigenvalue weighted by atomic mass is 10.2. The highest BCUT2D eigenvalue weighted by atomic mass is 16.5. The Morgan fingerprint density at radius 2 is 2.12 bits per heavy atom. The van der Waals surface area contributed by atoms with Crippen LogP contribution in [0.15, 0.2) is 42.5 Å². The third-order valence-electron chi connectivity index (χ3n) is 2.66. The maximum atomic E-state index is 11.3. The van der Waals surface area contributed by atoms with Crippen molar-refractivity contribution in [3.05, 3.63) is 48.0 Å². The third kappa shape index (κ3) is 4.04. The van der Waals surface area contributed by atoms with Crippen LogP contribution in [0.2, 0.25) is 0 Å². The van der Waals surface area contributed by atoms with Crippen LogP contribution in [-0.4, -0.2) is 18.6 Å². The molecule has 1 atom stereocenters. The number of hydrogen-bond donors (Lipinski definition) is 1. The number of hydrogen-bond acceptors (Lipinski definition) is 2. The number of ether oxygens (including phenoxy) is 1. The summed E-state index contributed by atoms with van der Waals surface area (Å²) in [4.78, 5) is 11.3. The average Bonchev–Trinajstić information content (AvgIpc) is 2.55. The molecule has 0 unspecified atom stereocenters. The van der Waals surface area contributed by atoms with Crippen LogP contribution in [0.3, 0.4) is 0 Å². The van der Waals surface area contributed by atoms with Gasteiger partial charge >= 0.3 is 0 Å². The van der Waals surface area contributed by atoms with Gasteiger partial charge in [0.25, 0.3) is 0 Å². The molecule has 0 spiro atoms. The van der Waals surface area contributed by atoms with Crippen molar-refractivity contribution in [2.45, 2.75) is 25.5 Å². The van der Waals surface area contributed by atoms with Crippen molar-refractivity contribution in [3.63, 3.8) is 0 Å². The smallest absolute Gasteiger partial charge is 0.220 e. The van der Waals surface area contributed by atoms with Gasteiger partial charge < -0.3 is 10.1 Å². The SMILES string of the molecule is O=C1CCC=C[C@H](COCc2ccccc2)N1. The van der Waals surface area contributed by atoms with E-state index in [9.17, 15) is 4.79 Å². The topological polar surface area (TPSA) is 38.3 Å². The molecule has 0 saturated heterocycles. The van der Waals surface area contributed by atoms with Gasteiger partial charge in [-0.3, -0.25) is 4.79 Å². The predicted octanol–water partition coefficient (Wildman–Crippen LogP) is 2.04. The molecule has 0 aliphatic carbocycles. The molecule has 1 aromatic rings. The molecule has 1 aliphatic rings. The van der Waals surface area contributed by atoms with Crippen LogP contribution >= 0.6 is 0 Å². The summed E-state index contributed by atoms with van der Waals surface area (Å²) in [5, 5.41) is 2.91. The quantitative estimate of drug-likeness (QED) is 0.805. The molecule has 0 aromatic heterocycles. The van der Waals surface area contributed by atoms with Crippen LogP contribution in [0, 0.1) is 0 Å². The fourth-order valence-corrected chi connectivity index (χ4v) is 1.78. The Bertz CT molecular complexity index is 386. The molecule has 0 bridgehead atoms. The van der Waals surface area contributed by atoms with E-state index in [1.54, 1.807) is 0 Å². The van der Waals surface area contributed by atoms with Crippen LogP contribution < -0.4 is 5.32 Å². The first-order valence-corrected chi connectivity index (χ1v) is 5.92. The summed E-state index contributed by atoms with van der Waals surface area (Å²) in [6.45, 7) is 1.11. The summed E-state index contributed by atoms with van der Waals surface area (Å²) in [5.74, 6) is 0.100.